The Labute approximate surface area is 116 Å². The van der Waals surface area contributed by atoms with Crippen molar-refractivity contribution in [3.05, 3.63) is 29.6 Å². The van der Waals surface area contributed by atoms with Crippen LogP contribution in [0.4, 0.5) is 4.39 Å². The van der Waals surface area contributed by atoms with Crippen molar-refractivity contribution in [1.82, 2.24) is 4.90 Å². The van der Waals surface area contributed by atoms with E-state index in [0.717, 1.165) is 0 Å². The zero-order chi connectivity index (χ0) is 14.9. The standard InChI is InChI=1S/C14H18FNO4/c1-9(11-5-10(15)3-4-12(11)17)16-7-14(2,8-16)20-6-13(18)19/h3-5,9,17H,6-8H2,1-2H3,(H,18,19). The molecule has 1 atom stereocenters. The van der Waals surface area contributed by atoms with E-state index >= 15 is 0 Å². The predicted molar refractivity (Wildman–Crippen MR) is 70.0 cm³/mol. The normalized spacial score (nSPS) is 19.4. The van der Waals surface area contributed by atoms with Crippen LogP contribution in [0.2, 0.25) is 0 Å². The van der Waals surface area contributed by atoms with Crippen LogP contribution in [0.25, 0.3) is 0 Å². The van der Waals surface area contributed by atoms with Gasteiger partial charge in [-0.3, -0.25) is 4.90 Å². The van der Waals surface area contributed by atoms with Crippen molar-refractivity contribution < 1.29 is 24.1 Å². The Kier molecular flexibility index (Phi) is 3.96. The van der Waals surface area contributed by atoms with Crippen molar-refractivity contribution in [2.45, 2.75) is 25.5 Å². The molecule has 1 aromatic rings. The van der Waals surface area contributed by atoms with Crippen LogP contribution >= 0.6 is 0 Å². The van der Waals surface area contributed by atoms with Crippen LogP contribution in [0, 0.1) is 5.82 Å². The lowest BCUT2D eigenvalue weighted by Crippen LogP contribution is -2.62. The molecule has 2 N–H and O–H groups in total. The molecule has 1 aromatic carbocycles. The Morgan fingerprint density at radius 3 is 2.80 bits per heavy atom. The summed E-state index contributed by atoms with van der Waals surface area (Å²) in [4.78, 5) is 12.5. The second-order valence-electron chi connectivity index (χ2n) is 5.42. The van der Waals surface area contributed by atoms with E-state index < -0.39 is 17.4 Å². The number of carboxylic acids is 1. The van der Waals surface area contributed by atoms with Gasteiger partial charge in [0.05, 0.1) is 5.60 Å². The number of ether oxygens (including phenoxy) is 1. The largest absolute Gasteiger partial charge is 0.508 e. The number of aliphatic carboxylic acids is 1. The summed E-state index contributed by atoms with van der Waals surface area (Å²) in [5.74, 6) is -1.34. The molecular weight excluding hydrogens is 265 g/mol. The maximum Gasteiger partial charge on any atom is 0.329 e. The van der Waals surface area contributed by atoms with Crippen LogP contribution in [0.1, 0.15) is 25.5 Å². The lowest BCUT2D eigenvalue weighted by Gasteiger charge is -2.50. The topological polar surface area (TPSA) is 70.0 Å². The van der Waals surface area contributed by atoms with E-state index in [4.69, 9.17) is 9.84 Å². The number of phenolic OH excluding ortho intramolecular Hbond substituents is 1. The van der Waals surface area contributed by atoms with Crippen LogP contribution in [-0.4, -0.2) is 46.4 Å². The molecule has 110 valence electrons. The minimum Gasteiger partial charge on any atom is -0.508 e. The average molecular weight is 283 g/mol. The molecule has 1 aliphatic heterocycles. The van der Waals surface area contributed by atoms with E-state index in [-0.39, 0.29) is 18.4 Å². The zero-order valence-electron chi connectivity index (χ0n) is 11.5. The highest BCUT2D eigenvalue weighted by molar-refractivity contribution is 5.68. The number of phenols is 1. The molecule has 1 unspecified atom stereocenters. The van der Waals surface area contributed by atoms with Crippen molar-refractivity contribution >= 4 is 5.97 Å². The average Bonchev–Trinajstić information content (AvgIpc) is 2.35. The number of carboxylic acid groups (broad SMARTS) is 1. The monoisotopic (exact) mass is 283 g/mol. The molecule has 0 aromatic heterocycles. The second-order valence-corrected chi connectivity index (χ2v) is 5.42. The van der Waals surface area contributed by atoms with Gasteiger partial charge in [-0.25, -0.2) is 9.18 Å². The Balaban J connectivity index is 1.98. The van der Waals surface area contributed by atoms with Crippen molar-refractivity contribution in [3.8, 4) is 5.75 Å². The minimum absolute atomic E-state index is 0.0546. The SMILES string of the molecule is CC(c1cc(F)ccc1O)N1CC(C)(OCC(=O)O)C1. The summed E-state index contributed by atoms with van der Waals surface area (Å²) in [6.45, 7) is 4.45. The molecule has 6 heteroatoms. The summed E-state index contributed by atoms with van der Waals surface area (Å²) in [5, 5.41) is 18.4. The van der Waals surface area contributed by atoms with Crippen LogP contribution in [0.15, 0.2) is 18.2 Å². The van der Waals surface area contributed by atoms with E-state index in [1.165, 1.54) is 18.2 Å². The van der Waals surface area contributed by atoms with Crippen molar-refractivity contribution in [2.24, 2.45) is 0 Å². The summed E-state index contributed by atoms with van der Waals surface area (Å²) in [5.41, 5.74) is 0.0144. The van der Waals surface area contributed by atoms with E-state index in [0.29, 0.717) is 18.7 Å². The molecule has 0 bridgehead atoms. The third-order valence-electron chi connectivity index (χ3n) is 3.61. The second kappa shape index (κ2) is 5.38. The molecule has 0 amide bonds. The lowest BCUT2D eigenvalue weighted by atomic mass is 9.92. The first-order valence-corrected chi connectivity index (χ1v) is 6.39. The van der Waals surface area contributed by atoms with Crippen molar-refractivity contribution in [3.63, 3.8) is 0 Å². The number of carbonyl (C=O) groups is 1. The van der Waals surface area contributed by atoms with Gasteiger partial charge in [0.15, 0.2) is 0 Å². The number of benzene rings is 1. The number of halogens is 1. The molecule has 20 heavy (non-hydrogen) atoms. The number of nitrogens with zero attached hydrogens (tertiary/aromatic N) is 1. The first kappa shape index (κ1) is 14.7. The third-order valence-corrected chi connectivity index (χ3v) is 3.61. The molecule has 0 radical (unpaired) electrons. The van der Waals surface area contributed by atoms with Crippen LogP contribution in [0.5, 0.6) is 5.75 Å². The molecule has 0 spiro atoms. The molecule has 0 saturated carbocycles. The van der Waals surface area contributed by atoms with Crippen LogP contribution in [-0.2, 0) is 9.53 Å². The highest BCUT2D eigenvalue weighted by Gasteiger charge is 2.42. The zero-order valence-corrected chi connectivity index (χ0v) is 11.5. The van der Waals surface area contributed by atoms with E-state index in [2.05, 4.69) is 0 Å². The van der Waals surface area contributed by atoms with Gasteiger partial charge >= 0.3 is 5.97 Å². The van der Waals surface area contributed by atoms with Gasteiger partial charge in [-0.2, -0.15) is 0 Å². The van der Waals surface area contributed by atoms with Gasteiger partial charge in [-0.15, -0.1) is 0 Å². The lowest BCUT2D eigenvalue weighted by molar-refractivity contribution is -0.169. The summed E-state index contributed by atoms with van der Waals surface area (Å²) < 4.78 is 18.6. The number of hydrogen-bond donors (Lipinski definition) is 2. The van der Waals surface area contributed by atoms with E-state index in [1.807, 2.05) is 18.7 Å². The Morgan fingerprint density at radius 2 is 2.20 bits per heavy atom. The molecular formula is C14H18FNO4. The number of rotatable bonds is 5. The fourth-order valence-corrected chi connectivity index (χ4v) is 2.47. The maximum absolute atomic E-state index is 13.2. The predicted octanol–water partition coefficient (Wildman–Crippen LogP) is 1.77. The first-order chi connectivity index (χ1) is 9.31. The summed E-state index contributed by atoms with van der Waals surface area (Å²) >= 11 is 0. The summed E-state index contributed by atoms with van der Waals surface area (Å²) in [7, 11) is 0. The summed E-state index contributed by atoms with van der Waals surface area (Å²) in [6, 6.07) is 3.70. The Morgan fingerprint density at radius 1 is 1.55 bits per heavy atom. The van der Waals surface area contributed by atoms with Crippen molar-refractivity contribution in [1.29, 1.82) is 0 Å². The van der Waals surface area contributed by atoms with Gasteiger partial charge < -0.3 is 14.9 Å². The van der Waals surface area contributed by atoms with E-state index in [1.54, 1.807) is 0 Å². The molecule has 1 saturated heterocycles. The number of hydrogen-bond acceptors (Lipinski definition) is 4. The molecule has 2 rings (SSSR count). The minimum atomic E-state index is -1.000. The highest BCUT2D eigenvalue weighted by Crippen LogP contribution is 2.36. The Bertz CT molecular complexity index is 514. The fraction of sp³-hybridized carbons (Fsp3) is 0.500. The van der Waals surface area contributed by atoms with Gasteiger partial charge in [-0.05, 0) is 32.0 Å². The van der Waals surface area contributed by atoms with Crippen LogP contribution in [0.3, 0.4) is 0 Å². The third kappa shape index (κ3) is 3.08. The van der Waals surface area contributed by atoms with Crippen LogP contribution < -0.4 is 0 Å². The number of likely N-dealkylation sites (tertiary alicyclic amines) is 1. The van der Waals surface area contributed by atoms with E-state index in [9.17, 15) is 14.3 Å². The first-order valence-electron chi connectivity index (χ1n) is 6.39. The quantitative estimate of drug-likeness (QED) is 0.862. The number of aromatic hydroxyl groups is 1. The van der Waals surface area contributed by atoms with Gasteiger partial charge in [0.1, 0.15) is 18.2 Å². The van der Waals surface area contributed by atoms with Gasteiger partial charge in [0.2, 0.25) is 0 Å². The van der Waals surface area contributed by atoms with Gasteiger partial charge in [-0.1, -0.05) is 0 Å². The fourth-order valence-electron chi connectivity index (χ4n) is 2.47. The molecule has 1 heterocycles. The van der Waals surface area contributed by atoms with Gasteiger partial charge in [0, 0.05) is 24.7 Å². The maximum atomic E-state index is 13.2. The van der Waals surface area contributed by atoms with Crippen molar-refractivity contribution in [2.75, 3.05) is 19.7 Å². The smallest absolute Gasteiger partial charge is 0.329 e. The molecule has 1 fully saturated rings. The molecule has 0 aliphatic carbocycles. The van der Waals surface area contributed by atoms with Gasteiger partial charge in [0.25, 0.3) is 0 Å². The Hall–Kier alpha value is -1.66. The molecule has 1 aliphatic rings. The summed E-state index contributed by atoms with van der Waals surface area (Å²) in [6.07, 6.45) is 0. The highest BCUT2D eigenvalue weighted by atomic mass is 19.1. The molecule has 5 nitrogen and oxygen atoms in total.